The van der Waals surface area contributed by atoms with Crippen LogP contribution in [0.25, 0.3) is 0 Å². The van der Waals surface area contributed by atoms with E-state index in [0.717, 1.165) is 38.7 Å². The summed E-state index contributed by atoms with van der Waals surface area (Å²) in [5.41, 5.74) is -0.476. The van der Waals surface area contributed by atoms with Crippen molar-refractivity contribution in [1.29, 1.82) is 0 Å². The molecule has 2 aliphatic rings. The summed E-state index contributed by atoms with van der Waals surface area (Å²) >= 11 is 0. The monoisotopic (exact) mass is 228 g/mol. The third-order valence-corrected chi connectivity index (χ3v) is 3.83. The van der Waals surface area contributed by atoms with E-state index in [9.17, 15) is 5.11 Å². The Morgan fingerprint density at radius 3 is 2.88 bits per heavy atom. The zero-order chi connectivity index (χ0) is 11.4. The van der Waals surface area contributed by atoms with E-state index in [0.29, 0.717) is 12.7 Å². The van der Waals surface area contributed by atoms with Gasteiger partial charge in [0.1, 0.15) is 0 Å². The lowest BCUT2D eigenvalue weighted by atomic mass is 9.85. The summed E-state index contributed by atoms with van der Waals surface area (Å²) < 4.78 is 11.1. The van der Waals surface area contributed by atoms with Gasteiger partial charge in [0.05, 0.1) is 17.8 Å². The van der Waals surface area contributed by atoms with Crippen molar-refractivity contribution >= 4 is 0 Å². The summed E-state index contributed by atoms with van der Waals surface area (Å²) in [6.07, 6.45) is 7.76. The quantitative estimate of drug-likeness (QED) is 0.802. The van der Waals surface area contributed by atoms with E-state index in [2.05, 4.69) is 0 Å². The number of hydrogen-bond acceptors (Lipinski definition) is 3. The standard InChI is InChI=1S/C13H24O3/c1-11-10-13(14,7-9-15-11)6-2-4-12-5-3-8-16-12/h11-12,14H,2-10H2,1H3. The zero-order valence-corrected chi connectivity index (χ0v) is 10.3. The Balaban J connectivity index is 1.67. The molecule has 3 unspecified atom stereocenters. The Bertz CT molecular complexity index is 213. The van der Waals surface area contributed by atoms with E-state index < -0.39 is 5.60 Å². The van der Waals surface area contributed by atoms with Crippen LogP contribution in [0, 0.1) is 0 Å². The summed E-state index contributed by atoms with van der Waals surface area (Å²) in [4.78, 5) is 0. The number of ether oxygens (including phenoxy) is 2. The lowest BCUT2D eigenvalue weighted by Gasteiger charge is -2.35. The van der Waals surface area contributed by atoms with Gasteiger partial charge in [-0.05, 0) is 45.4 Å². The fourth-order valence-electron chi connectivity index (χ4n) is 2.90. The van der Waals surface area contributed by atoms with Crippen LogP contribution < -0.4 is 0 Å². The van der Waals surface area contributed by atoms with Gasteiger partial charge in [-0.25, -0.2) is 0 Å². The second-order valence-electron chi connectivity index (χ2n) is 5.39. The Morgan fingerprint density at radius 2 is 2.19 bits per heavy atom. The first-order valence-electron chi connectivity index (χ1n) is 6.64. The third kappa shape index (κ3) is 3.44. The number of aliphatic hydroxyl groups is 1. The Morgan fingerprint density at radius 1 is 1.31 bits per heavy atom. The second-order valence-corrected chi connectivity index (χ2v) is 5.39. The average Bonchev–Trinajstić information content (AvgIpc) is 2.69. The van der Waals surface area contributed by atoms with Gasteiger partial charge in [-0.15, -0.1) is 0 Å². The van der Waals surface area contributed by atoms with E-state index in [-0.39, 0.29) is 6.10 Å². The van der Waals surface area contributed by atoms with Crippen LogP contribution in [0.15, 0.2) is 0 Å². The van der Waals surface area contributed by atoms with E-state index in [4.69, 9.17) is 9.47 Å². The highest BCUT2D eigenvalue weighted by molar-refractivity contribution is 4.84. The average molecular weight is 228 g/mol. The molecule has 0 bridgehead atoms. The molecule has 0 aromatic carbocycles. The lowest BCUT2D eigenvalue weighted by Crippen LogP contribution is -2.39. The first-order chi connectivity index (χ1) is 7.68. The molecule has 1 N–H and O–H groups in total. The summed E-state index contributed by atoms with van der Waals surface area (Å²) in [5, 5.41) is 10.4. The van der Waals surface area contributed by atoms with Crippen molar-refractivity contribution in [2.24, 2.45) is 0 Å². The third-order valence-electron chi connectivity index (χ3n) is 3.83. The van der Waals surface area contributed by atoms with Crippen molar-refractivity contribution < 1.29 is 14.6 Å². The van der Waals surface area contributed by atoms with Crippen molar-refractivity contribution in [2.75, 3.05) is 13.2 Å². The van der Waals surface area contributed by atoms with E-state index in [1.54, 1.807) is 0 Å². The Hall–Kier alpha value is -0.120. The van der Waals surface area contributed by atoms with Crippen LogP contribution in [0.2, 0.25) is 0 Å². The topological polar surface area (TPSA) is 38.7 Å². The maximum absolute atomic E-state index is 10.4. The SMILES string of the molecule is CC1CC(O)(CCCC2CCCO2)CCO1. The molecule has 2 fully saturated rings. The van der Waals surface area contributed by atoms with Gasteiger partial charge in [0, 0.05) is 19.6 Å². The summed E-state index contributed by atoms with van der Waals surface area (Å²) in [6, 6.07) is 0. The second kappa shape index (κ2) is 5.48. The molecule has 0 radical (unpaired) electrons. The lowest BCUT2D eigenvalue weighted by molar-refractivity contribution is -0.102. The maximum Gasteiger partial charge on any atom is 0.0694 e. The van der Waals surface area contributed by atoms with Crippen molar-refractivity contribution in [1.82, 2.24) is 0 Å². The predicted molar refractivity (Wildman–Crippen MR) is 62.4 cm³/mol. The molecular weight excluding hydrogens is 204 g/mol. The van der Waals surface area contributed by atoms with Crippen LogP contribution in [-0.2, 0) is 9.47 Å². The van der Waals surface area contributed by atoms with Crippen molar-refractivity contribution in [3.63, 3.8) is 0 Å². The maximum atomic E-state index is 10.4. The van der Waals surface area contributed by atoms with Crippen LogP contribution in [-0.4, -0.2) is 36.1 Å². The molecule has 2 heterocycles. The number of hydrogen-bond donors (Lipinski definition) is 1. The molecule has 3 nitrogen and oxygen atoms in total. The van der Waals surface area contributed by atoms with Gasteiger partial charge in [-0.1, -0.05) is 0 Å². The molecule has 3 heteroatoms. The van der Waals surface area contributed by atoms with Crippen LogP contribution in [0.5, 0.6) is 0 Å². The van der Waals surface area contributed by atoms with Gasteiger partial charge in [0.25, 0.3) is 0 Å². The van der Waals surface area contributed by atoms with Crippen molar-refractivity contribution in [3.05, 3.63) is 0 Å². The minimum atomic E-state index is -0.476. The van der Waals surface area contributed by atoms with E-state index in [1.807, 2.05) is 6.92 Å². The van der Waals surface area contributed by atoms with E-state index >= 15 is 0 Å². The molecule has 94 valence electrons. The summed E-state index contributed by atoms with van der Waals surface area (Å²) in [5.74, 6) is 0. The molecule has 2 saturated heterocycles. The largest absolute Gasteiger partial charge is 0.390 e. The van der Waals surface area contributed by atoms with Gasteiger partial charge < -0.3 is 14.6 Å². The minimum Gasteiger partial charge on any atom is -0.390 e. The molecule has 0 amide bonds. The van der Waals surface area contributed by atoms with Gasteiger partial charge in [0.2, 0.25) is 0 Å². The molecular formula is C13H24O3. The molecule has 0 aliphatic carbocycles. The highest BCUT2D eigenvalue weighted by atomic mass is 16.5. The summed E-state index contributed by atoms with van der Waals surface area (Å²) in [6.45, 7) is 3.68. The first-order valence-corrected chi connectivity index (χ1v) is 6.64. The van der Waals surface area contributed by atoms with Gasteiger partial charge in [-0.3, -0.25) is 0 Å². The normalized spacial score (nSPS) is 40.1. The van der Waals surface area contributed by atoms with Gasteiger partial charge in [0.15, 0.2) is 0 Å². The smallest absolute Gasteiger partial charge is 0.0694 e. The predicted octanol–water partition coefficient (Wildman–Crippen LogP) is 2.27. The Kier molecular flexibility index (Phi) is 4.22. The molecule has 3 atom stereocenters. The molecule has 0 aromatic heterocycles. The first kappa shape index (κ1) is 12.3. The zero-order valence-electron chi connectivity index (χ0n) is 10.3. The van der Waals surface area contributed by atoms with Crippen LogP contribution in [0.3, 0.4) is 0 Å². The highest BCUT2D eigenvalue weighted by Gasteiger charge is 2.32. The van der Waals surface area contributed by atoms with Crippen molar-refractivity contribution in [2.45, 2.75) is 69.7 Å². The fraction of sp³-hybridized carbons (Fsp3) is 1.00. The fourth-order valence-corrected chi connectivity index (χ4v) is 2.90. The molecule has 0 saturated carbocycles. The number of rotatable bonds is 4. The summed E-state index contributed by atoms with van der Waals surface area (Å²) in [7, 11) is 0. The molecule has 2 aliphatic heterocycles. The Labute approximate surface area is 98.1 Å². The molecule has 16 heavy (non-hydrogen) atoms. The highest BCUT2D eigenvalue weighted by Crippen LogP contribution is 2.30. The van der Waals surface area contributed by atoms with Crippen molar-refractivity contribution in [3.8, 4) is 0 Å². The molecule has 2 rings (SSSR count). The molecule has 0 aromatic rings. The molecule has 0 spiro atoms. The van der Waals surface area contributed by atoms with Gasteiger partial charge in [-0.2, -0.15) is 0 Å². The van der Waals surface area contributed by atoms with Crippen LogP contribution >= 0.6 is 0 Å². The van der Waals surface area contributed by atoms with Crippen LogP contribution in [0.4, 0.5) is 0 Å². The van der Waals surface area contributed by atoms with Crippen LogP contribution in [0.1, 0.15) is 51.9 Å². The minimum absolute atomic E-state index is 0.210. The van der Waals surface area contributed by atoms with E-state index in [1.165, 1.54) is 12.8 Å². The van der Waals surface area contributed by atoms with Gasteiger partial charge >= 0.3 is 0 Å².